The average Bonchev–Trinajstić information content (AvgIpc) is 3.09. The van der Waals surface area contributed by atoms with Crippen LogP contribution in [0.1, 0.15) is 38.4 Å². The molecule has 2 rings (SSSR count). The maximum atomic E-state index is 5.60. The lowest BCUT2D eigenvalue weighted by Gasteiger charge is -2.08. The van der Waals surface area contributed by atoms with Crippen molar-refractivity contribution in [3.8, 4) is 0 Å². The number of rotatable bonds is 10. The molecule has 1 aromatic heterocycles. The molecule has 0 unspecified atom stereocenters. The van der Waals surface area contributed by atoms with Gasteiger partial charge in [0.05, 0.1) is 6.54 Å². The first kappa shape index (κ1) is 13.6. The van der Waals surface area contributed by atoms with Crippen LogP contribution < -0.4 is 5.32 Å². The molecule has 18 heavy (non-hydrogen) atoms. The minimum absolute atomic E-state index is 0.857. The van der Waals surface area contributed by atoms with Gasteiger partial charge in [0.1, 0.15) is 5.82 Å². The Morgan fingerprint density at radius 1 is 1.50 bits per heavy atom. The lowest BCUT2D eigenvalue weighted by Crippen LogP contribution is -2.19. The van der Waals surface area contributed by atoms with Crippen LogP contribution in [0.3, 0.4) is 0 Å². The molecule has 0 aliphatic heterocycles. The first-order valence-corrected chi connectivity index (χ1v) is 7.18. The van der Waals surface area contributed by atoms with E-state index in [1.54, 1.807) is 0 Å². The van der Waals surface area contributed by atoms with E-state index in [1.165, 1.54) is 12.8 Å². The summed E-state index contributed by atoms with van der Waals surface area (Å²) in [6.45, 7) is 6.96. The van der Waals surface area contributed by atoms with E-state index in [1.807, 2.05) is 6.20 Å². The lowest BCUT2D eigenvalue weighted by molar-refractivity contribution is 0.122. The molecule has 0 atom stereocenters. The van der Waals surface area contributed by atoms with Gasteiger partial charge in [0.2, 0.25) is 0 Å². The number of hydrogen-bond acceptors (Lipinski definition) is 3. The quantitative estimate of drug-likeness (QED) is 0.648. The van der Waals surface area contributed by atoms with E-state index in [2.05, 4.69) is 28.0 Å². The molecular weight excluding hydrogens is 226 g/mol. The van der Waals surface area contributed by atoms with E-state index < -0.39 is 0 Å². The van der Waals surface area contributed by atoms with Gasteiger partial charge in [0.25, 0.3) is 0 Å². The largest absolute Gasteiger partial charge is 0.381 e. The van der Waals surface area contributed by atoms with Crippen molar-refractivity contribution in [1.29, 1.82) is 0 Å². The highest BCUT2D eigenvalue weighted by Gasteiger charge is 2.20. The molecule has 1 aliphatic rings. The number of ether oxygens (including phenoxy) is 1. The van der Waals surface area contributed by atoms with E-state index >= 15 is 0 Å². The molecule has 0 radical (unpaired) electrons. The summed E-state index contributed by atoms with van der Waals surface area (Å²) in [6.07, 6.45) is 8.92. The maximum absolute atomic E-state index is 5.60. The Labute approximate surface area is 110 Å². The van der Waals surface area contributed by atoms with E-state index in [9.17, 15) is 0 Å². The minimum Gasteiger partial charge on any atom is -0.381 e. The Kier molecular flexibility index (Phi) is 5.68. The second-order valence-corrected chi connectivity index (χ2v) is 5.09. The predicted octanol–water partition coefficient (Wildman–Crippen LogP) is 2.20. The number of aryl methyl sites for hydroxylation is 1. The summed E-state index contributed by atoms with van der Waals surface area (Å²) in [4.78, 5) is 4.37. The first-order chi connectivity index (χ1) is 8.90. The summed E-state index contributed by atoms with van der Waals surface area (Å²) in [7, 11) is 0. The molecule has 4 heteroatoms. The smallest absolute Gasteiger partial charge is 0.122 e. The average molecular weight is 251 g/mol. The fourth-order valence-corrected chi connectivity index (χ4v) is 1.99. The van der Waals surface area contributed by atoms with E-state index in [-0.39, 0.29) is 0 Å². The predicted molar refractivity (Wildman–Crippen MR) is 72.4 cm³/mol. The molecular formula is C14H25N3O. The van der Waals surface area contributed by atoms with Gasteiger partial charge in [0.15, 0.2) is 0 Å². The van der Waals surface area contributed by atoms with E-state index in [0.29, 0.717) is 0 Å². The van der Waals surface area contributed by atoms with Crippen molar-refractivity contribution < 1.29 is 4.74 Å². The molecule has 4 nitrogen and oxygen atoms in total. The summed E-state index contributed by atoms with van der Waals surface area (Å²) in [5, 5.41) is 3.43. The van der Waals surface area contributed by atoms with Crippen LogP contribution in [0, 0.1) is 5.92 Å². The van der Waals surface area contributed by atoms with Gasteiger partial charge < -0.3 is 14.6 Å². The van der Waals surface area contributed by atoms with Crippen LogP contribution in [0.2, 0.25) is 0 Å². The maximum Gasteiger partial charge on any atom is 0.122 e. The molecule has 1 heterocycles. The standard InChI is InChI=1S/C14H25N3O/c1-2-8-17-9-7-16-14(17)11-15-6-3-10-18-12-13-4-5-13/h7,9,13,15H,2-6,8,10-12H2,1H3. The first-order valence-electron chi connectivity index (χ1n) is 7.18. The number of imidazole rings is 1. The third-order valence-electron chi connectivity index (χ3n) is 3.24. The van der Waals surface area contributed by atoms with Crippen molar-refractivity contribution in [1.82, 2.24) is 14.9 Å². The summed E-state index contributed by atoms with van der Waals surface area (Å²) >= 11 is 0. The van der Waals surface area contributed by atoms with Crippen LogP contribution in [0.25, 0.3) is 0 Å². The van der Waals surface area contributed by atoms with Crippen molar-refractivity contribution in [3.63, 3.8) is 0 Å². The Morgan fingerprint density at radius 2 is 2.39 bits per heavy atom. The summed E-state index contributed by atoms with van der Waals surface area (Å²) in [6, 6.07) is 0. The van der Waals surface area contributed by atoms with Crippen molar-refractivity contribution in [2.24, 2.45) is 5.92 Å². The highest BCUT2D eigenvalue weighted by Crippen LogP contribution is 2.28. The van der Waals surface area contributed by atoms with Gasteiger partial charge in [-0.25, -0.2) is 4.98 Å². The highest BCUT2D eigenvalue weighted by atomic mass is 16.5. The fourth-order valence-electron chi connectivity index (χ4n) is 1.99. The van der Waals surface area contributed by atoms with Crippen LogP contribution in [-0.4, -0.2) is 29.3 Å². The number of nitrogens with one attached hydrogen (secondary N) is 1. The molecule has 1 aromatic rings. The third-order valence-corrected chi connectivity index (χ3v) is 3.24. The van der Waals surface area contributed by atoms with Gasteiger partial charge >= 0.3 is 0 Å². The molecule has 0 saturated heterocycles. The van der Waals surface area contributed by atoms with E-state index in [0.717, 1.165) is 57.4 Å². The topological polar surface area (TPSA) is 39.1 Å². The Hall–Kier alpha value is -0.870. The second kappa shape index (κ2) is 7.54. The van der Waals surface area contributed by atoms with Crippen molar-refractivity contribution in [3.05, 3.63) is 18.2 Å². The van der Waals surface area contributed by atoms with Gasteiger partial charge in [-0.05, 0) is 38.1 Å². The molecule has 0 spiro atoms. The SMILES string of the molecule is CCCn1ccnc1CNCCCOCC1CC1. The van der Waals surface area contributed by atoms with Crippen LogP contribution >= 0.6 is 0 Å². The fraction of sp³-hybridized carbons (Fsp3) is 0.786. The highest BCUT2D eigenvalue weighted by molar-refractivity contribution is 4.91. The monoisotopic (exact) mass is 251 g/mol. The molecule has 0 amide bonds. The normalized spacial score (nSPS) is 15.2. The number of nitrogens with zero attached hydrogens (tertiary/aromatic N) is 2. The number of aromatic nitrogens is 2. The zero-order valence-corrected chi connectivity index (χ0v) is 11.4. The van der Waals surface area contributed by atoms with Crippen LogP contribution in [-0.2, 0) is 17.8 Å². The third kappa shape index (κ3) is 4.78. The van der Waals surface area contributed by atoms with Crippen molar-refractivity contribution in [2.45, 2.75) is 45.7 Å². The van der Waals surface area contributed by atoms with Gasteiger partial charge in [-0.3, -0.25) is 0 Å². The molecule has 0 bridgehead atoms. The molecule has 0 aromatic carbocycles. The Morgan fingerprint density at radius 3 is 3.17 bits per heavy atom. The molecule has 1 saturated carbocycles. The molecule has 1 aliphatic carbocycles. The van der Waals surface area contributed by atoms with Crippen molar-refractivity contribution in [2.75, 3.05) is 19.8 Å². The number of hydrogen-bond donors (Lipinski definition) is 1. The Bertz CT molecular complexity index is 334. The molecule has 1 fully saturated rings. The van der Waals surface area contributed by atoms with Gasteiger partial charge in [-0.2, -0.15) is 0 Å². The summed E-state index contributed by atoms with van der Waals surface area (Å²) in [5.41, 5.74) is 0. The van der Waals surface area contributed by atoms with Crippen LogP contribution in [0.15, 0.2) is 12.4 Å². The van der Waals surface area contributed by atoms with Gasteiger partial charge in [-0.1, -0.05) is 6.92 Å². The van der Waals surface area contributed by atoms with Crippen molar-refractivity contribution >= 4 is 0 Å². The molecule has 102 valence electrons. The van der Waals surface area contributed by atoms with Crippen LogP contribution in [0.4, 0.5) is 0 Å². The molecule has 1 N–H and O–H groups in total. The zero-order chi connectivity index (χ0) is 12.6. The van der Waals surface area contributed by atoms with Gasteiger partial charge in [-0.15, -0.1) is 0 Å². The van der Waals surface area contributed by atoms with Crippen LogP contribution in [0.5, 0.6) is 0 Å². The second-order valence-electron chi connectivity index (χ2n) is 5.09. The summed E-state index contributed by atoms with van der Waals surface area (Å²) < 4.78 is 7.82. The minimum atomic E-state index is 0.857. The summed E-state index contributed by atoms with van der Waals surface area (Å²) in [5.74, 6) is 2.01. The Balaban J connectivity index is 1.49. The lowest BCUT2D eigenvalue weighted by atomic mass is 10.4. The van der Waals surface area contributed by atoms with E-state index in [4.69, 9.17) is 4.74 Å². The van der Waals surface area contributed by atoms with Gasteiger partial charge in [0, 0.05) is 32.2 Å². The zero-order valence-electron chi connectivity index (χ0n) is 11.4.